The van der Waals surface area contributed by atoms with E-state index in [9.17, 15) is 9.59 Å². The molecule has 2 saturated heterocycles. The van der Waals surface area contributed by atoms with Crippen molar-refractivity contribution in [2.24, 2.45) is 11.8 Å². The number of carboxylic acid groups (broad SMARTS) is 2. The van der Waals surface area contributed by atoms with E-state index in [1.807, 2.05) is 4.90 Å². The van der Waals surface area contributed by atoms with Crippen molar-refractivity contribution >= 4 is 11.9 Å². The van der Waals surface area contributed by atoms with Crippen LogP contribution in [-0.2, 0) is 14.3 Å². The molecule has 0 bridgehead atoms. The Morgan fingerprint density at radius 3 is 2.60 bits per heavy atom. The summed E-state index contributed by atoms with van der Waals surface area (Å²) in [4.78, 5) is 23.9. The molecule has 0 unspecified atom stereocenters. The van der Waals surface area contributed by atoms with Gasteiger partial charge in [-0.1, -0.05) is 0 Å². The Morgan fingerprint density at radius 2 is 2.00 bits per heavy atom. The van der Waals surface area contributed by atoms with E-state index in [0.717, 1.165) is 0 Å². The molecule has 0 aromatic heterocycles. The maximum Gasteiger partial charge on any atom is 0.309 e. The standard InChI is InChI=1S/C9H13NO5/c11-8(12)5-3-10-1-2-15-4-6(10)7(5)9(13)14/h5-7H,1-4H2,(H,11,12)(H,13,14)/t5-,6+,7+/m1/s1. The molecule has 0 radical (unpaired) electrons. The molecule has 0 aromatic carbocycles. The number of aliphatic carboxylic acids is 2. The SMILES string of the molecule is O=C(O)[C@H]1[C@H](C(=O)O)CN2CCOC[C@@H]12. The Kier molecular flexibility index (Phi) is 2.62. The van der Waals surface area contributed by atoms with Gasteiger partial charge in [-0.3, -0.25) is 14.5 Å². The van der Waals surface area contributed by atoms with Crippen molar-refractivity contribution in [3.8, 4) is 0 Å². The minimum Gasteiger partial charge on any atom is -0.481 e. The average molecular weight is 215 g/mol. The van der Waals surface area contributed by atoms with Gasteiger partial charge in [0.2, 0.25) is 0 Å². The van der Waals surface area contributed by atoms with E-state index in [1.165, 1.54) is 0 Å². The van der Waals surface area contributed by atoms with Gasteiger partial charge in [-0.05, 0) is 0 Å². The predicted molar refractivity (Wildman–Crippen MR) is 48.4 cm³/mol. The van der Waals surface area contributed by atoms with E-state index in [0.29, 0.717) is 26.3 Å². The summed E-state index contributed by atoms with van der Waals surface area (Å²) >= 11 is 0. The van der Waals surface area contributed by atoms with E-state index in [1.54, 1.807) is 0 Å². The van der Waals surface area contributed by atoms with Gasteiger partial charge in [0.15, 0.2) is 0 Å². The summed E-state index contributed by atoms with van der Waals surface area (Å²) in [5.74, 6) is -3.73. The third-order valence-electron chi connectivity index (χ3n) is 3.16. The summed E-state index contributed by atoms with van der Waals surface area (Å²) in [5.41, 5.74) is 0. The second kappa shape index (κ2) is 3.79. The molecule has 2 aliphatic heterocycles. The van der Waals surface area contributed by atoms with Crippen LogP contribution in [0.3, 0.4) is 0 Å². The molecule has 2 aliphatic rings. The highest BCUT2D eigenvalue weighted by Crippen LogP contribution is 2.32. The lowest BCUT2D eigenvalue weighted by Crippen LogP contribution is -2.45. The Labute approximate surface area is 86.4 Å². The van der Waals surface area contributed by atoms with Crippen LogP contribution in [0, 0.1) is 11.8 Å². The topological polar surface area (TPSA) is 87.1 Å². The molecule has 0 aliphatic carbocycles. The summed E-state index contributed by atoms with van der Waals surface area (Å²) in [6, 6.07) is -0.280. The maximum absolute atomic E-state index is 11.0. The minimum atomic E-state index is -1.04. The average Bonchev–Trinajstić information content (AvgIpc) is 2.56. The molecule has 0 spiro atoms. The number of nitrogens with zero attached hydrogens (tertiary/aromatic N) is 1. The molecular formula is C9H13NO5. The number of fused-ring (bicyclic) bond motifs is 1. The number of carboxylic acids is 2. The highest BCUT2D eigenvalue weighted by molar-refractivity contribution is 5.81. The smallest absolute Gasteiger partial charge is 0.309 e. The van der Waals surface area contributed by atoms with Crippen LogP contribution in [0.25, 0.3) is 0 Å². The monoisotopic (exact) mass is 215 g/mol. The van der Waals surface area contributed by atoms with Crippen molar-refractivity contribution in [3.05, 3.63) is 0 Å². The van der Waals surface area contributed by atoms with E-state index in [2.05, 4.69) is 0 Å². The molecule has 0 aromatic rings. The number of morpholine rings is 1. The largest absolute Gasteiger partial charge is 0.481 e. The van der Waals surface area contributed by atoms with Crippen molar-refractivity contribution in [2.45, 2.75) is 6.04 Å². The number of hydrogen-bond acceptors (Lipinski definition) is 4. The molecule has 84 valence electrons. The third kappa shape index (κ3) is 1.70. The molecule has 0 saturated carbocycles. The highest BCUT2D eigenvalue weighted by atomic mass is 16.5. The fourth-order valence-electron chi connectivity index (χ4n) is 2.42. The zero-order valence-corrected chi connectivity index (χ0v) is 8.13. The molecule has 2 fully saturated rings. The van der Waals surface area contributed by atoms with Crippen LogP contribution in [-0.4, -0.2) is 59.4 Å². The maximum atomic E-state index is 11.0. The lowest BCUT2D eigenvalue weighted by atomic mass is 9.91. The summed E-state index contributed by atoms with van der Waals surface area (Å²) in [7, 11) is 0. The van der Waals surface area contributed by atoms with Crippen molar-refractivity contribution in [3.63, 3.8) is 0 Å². The Balaban J connectivity index is 2.21. The Bertz CT molecular complexity index is 292. The predicted octanol–water partition coefficient (Wildman–Crippen LogP) is -0.898. The number of ether oxygens (including phenoxy) is 1. The minimum absolute atomic E-state index is 0.280. The quantitative estimate of drug-likeness (QED) is 0.621. The van der Waals surface area contributed by atoms with Gasteiger partial charge in [0.25, 0.3) is 0 Å². The lowest BCUT2D eigenvalue weighted by Gasteiger charge is -2.30. The number of carbonyl (C=O) groups is 2. The lowest BCUT2D eigenvalue weighted by molar-refractivity contribution is -0.153. The number of rotatable bonds is 2. The van der Waals surface area contributed by atoms with Gasteiger partial charge in [-0.25, -0.2) is 0 Å². The van der Waals surface area contributed by atoms with E-state index in [4.69, 9.17) is 14.9 Å². The van der Waals surface area contributed by atoms with Gasteiger partial charge < -0.3 is 14.9 Å². The second-order valence-electron chi connectivity index (χ2n) is 3.95. The molecule has 2 heterocycles. The van der Waals surface area contributed by atoms with Gasteiger partial charge in [0.1, 0.15) is 0 Å². The van der Waals surface area contributed by atoms with Crippen LogP contribution in [0.15, 0.2) is 0 Å². The van der Waals surface area contributed by atoms with Crippen molar-refractivity contribution < 1.29 is 24.5 Å². The molecule has 6 heteroatoms. The van der Waals surface area contributed by atoms with Crippen LogP contribution < -0.4 is 0 Å². The second-order valence-corrected chi connectivity index (χ2v) is 3.95. The van der Waals surface area contributed by atoms with Crippen LogP contribution in [0.5, 0.6) is 0 Å². The first-order valence-electron chi connectivity index (χ1n) is 4.88. The van der Waals surface area contributed by atoms with Crippen LogP contribution >= 0.6 is 0 Å². The van der Waals surface area contributed by atoms with Gasteiger partial charge in [-0.15, -0.1) is 0 Å². The van der Waals surface area contributed by atoms with Crippen molar-refractivity contribution in [1.29, 1.82) is 0 Å². The van der Waals surface area contributed by atoms with Gasteiger partial charge in [0, 0.05) is 19.1 Å². The van der Waals surface area contributed by atoms with E-state index >= 15 is 0 Å². The van der Waals surface area contributed by atoms with Crippen LogP contribution in [0.4, 0.5) is 0 Å². The Hall–Kier alpha value is -1.14. The summed E-state index contributed by atoms with van der Waals surface area (Å²) in [6.45, 7) is 1.81. The zero-order valence-electron chi connectivity index (χ0n) is 8.13. The third-order valence-corrected chi connectivity index (χ3v) is 3.16. The molecular weight excluding hydrogens is 202 g/mol. The fraction of sp³-hybridized carbons (Fsp3) is 0.778. The molecule has 2 N–H and O–H groups in total. The van der Waals surface area contributed by atoms with E-state index in [-0.39, 0.29) is 6.04 Å². The number of hydrogen-bond donors (Lipinski definition) is 2. The summed E-state index contributed by atoms with van der Waals surface area (Å²) < 4.78 is 5.19. The Morgan fingerprint density at radius 1 is 1.27 bits per heavy atom. The zero-order chi connectivity index (χ0) is 11.0. The van der Waals surface area contributed by atoms with Crippen LogP contribution in [0.2, 0.25) is 0 Å². The molecule has 0 amide bonds. The van der Waals surface area contributed by atoms with Crippen molar-refractivity contribution in [1.82, 2.24) is 4.90 Å². The normalized spacial score (nSPS) is 36.1. The summed E-state index contributed by atoms with van der Waals surface area (Å²) in [6.07, 6.45) is 0. The molecule has 3 atom stereocenters. The van der Waals surface area contributed by atoms with Gasteiger partial charge in [0.05, 0.1) is 25.0 Å². The first-order valence-corrected chi connectivity index (χ1v) is 4.88. The molecule has 15 heavy (non-hydrogen) atoms. The molecule has 6 nitrogen and oxygen atoms in total. The van der Waals surface area contributed by atoms with Gasteiger partial charge >= 0.3 is 11.9 Å². The first-order chi connectivity index (χ1) is 7.11. The van der Waals surface area contributed by atoms with E-state index < -0.39 is 23.8 Å². The van der Waals surface area contributed by atoms with Gasteiger partial charge in [-0.2, -0.15) is 0 Å². The molecule has 2 rings (SSSR count). The highest BCUT2D eigenvalue weighted by Gasteiger charge is 2.50. The fourth-order valence-corrected chi connectivity index (χ4v) is 2.42. The van der Waals surface area contributed by atoms with Crippen molar-refractivity contribution in [2.75, 3.05) is 26.3 Å². The van der Waals surface area contributed by atoms with Crippen LogP contribution in [0.1, 0.15) is 0 Å². The summed E-state index contributed by atoms with van der Waals surface area (Å²) in [5, 5.41) is 18.0. The first kappa shape index (κ1) is 10.4.